The highest BCUT2D eigenvalue weighted by atomic mass is 16.4. The Morgan fingerprint density at radius 3 is 2.55 bits per heavy atom. The van der Waals surface area contributed by atoms with Crippen molar-refractivity contribution in [1.29, 1.82) is 0 Å². The Labute approximate surface area is 170 Å². The first-order valence-electron chi connectivity index (χ1n) is 9.94. The summed E-state index contributed by atoms with van der Waals surface area (Å²) in [5.41, 5.74) is 2.09. The molecule has 152 valence electrons. The average molecular weight is 394 g/mol. The van der Waals surface area contributed by atoms with Crippen LogP contribution in [0.4, 0.5) is 0 Å². The van der Waals surface area contributed by atoms with Gasteiger partial charge in [-0.3, -0.25) is 9.59 Å². The number of likely N-dealkylation sites (tertiary alicyclic amines) is 1. The molecule has 2 aromatic rings. The number of carbonyl (C=O) groups excluding carboxylic acids is 2. The van der Waals surface area contributed by atoms with E-state index in [0.717, 1.165) is 24.0 Å². The van der Waals surface area contributed by atoms with E-state index in [9.17, 15) is 14.4 Å². The number of amides is 2. The fraction of sp³-hybridized carbons (Fsp3) is 0.348. The van der Waals surface area contributed by atoms with Crippen LogP contribution in [0.25, 0.3) is 0 Å². The predicted molar refractivity (Wildman–Crippen MR) is 110 cm³/mol. The average Bonchev–Trinajstić information content (AvgIpc) is 2.74. The van der Waals surface area contributed by atoms with Crippen LogP contribution >= 0.6 is 0 Å². The van der Waals surface area contributed by atoms with E-state index in [0.29, 0.717) is 32.5 Å². The van der Waals surface area contributed by atoms with Crippen molar-refractivity contribution in [1.82, 2.24) is 10.2 Å². The van der Waals surface area contributed by atoms with E-state index in [4.69, 9.17) is 5.11 Å². The molecule has 3 rings (SSSR count). The van der Waals surface area contributed by atoms with Crippen LogP contribution in [0.15, 0.2) is 54.6 Å². The van der Waals surface area contributed by atoms with Gasteiger partial charge in [0.1, 0.15) is 0 Å². The van der Waals surface area contributed by atoms with Crippen molar-refractivity contribution in [2.24, 2.45) is 5.92 Å². The number of nitrogens with zero attached hydrogens (tertiary/aromatic N) is 1. The monoisotopic (exact) mass is 394 g/mol. The van der Waals surface area contributed by atoms with Crippen LogP contribution in [0.2, 0.25) is 0 Å². The summed E-state index contributed by atoms with van der Waals surface area (Å²) in [5, 5.41) is 12.0. The third kappa shape index (κ3) is 5.91. The molecule has 29 heavy (non-hydrogen) atoms. The largest absolute Gasteiger partial charge is 0.478 e. The van der Waals surface area contributed by atoms with E-state index in [1.807, 2.05) is 36.4 Å². The maximum absolute atomic E-state index is 12.6. The van der Waals surface area contributed by atoms with Crippen LogP contribution in [-0.2, 0) is 22.4 Å². The first-order chi connectivity index (χ1) is 14.0. The molecule has 0 radical (unpaired) electrons. The molecule has 2 aromatic carbocycles. The van der Waals surface area contributed by atoms with Crippen molar-refractivity contribution < 1.29 is 19.5 Å². The lowest BCUT2D eigenvalue weighted by atomic mass is 9.96. The van der Waals surface area contributed by atoms with Gasteiger partial charge in [0.25, 0.3) is 0 Å². The van der Waals surface area contributed by atoms with E-state index in [1.54, 1.807) is 23.1 Å². The molecule has 1 fully saturated rings. The van der Waals surface area contributed by atoms with Crippen LogP contribution < -0.4 is 5.32 Å². The topological polar surface area (TPSA) is 86.7 Å². The van der Waals surface area contributed by atoms with Crippen LogP contribution in [-0.4, -0.2) is 47.4 Å². The maximum atomic E-state index is 12.6. The van der Waals surface area contributed by atoms with Gasteiger partial charge in [0.15, 0.2) is 0 Å². The zero-order valence-electron chi connectivity index (χ0n) is 16.3. The number of piperidine rings is 1. The molecule has 1 aliphatic rings. The second kappa shape index (κ2) is 9.87. The molecular formula is C23H26N2O4. The lowest BCUT2D eigenvalue weighted by molar-refractivity contribution is -0.135. The summed E-state index contributed by atoms with van der Waals surface area (Å²) < 4.78 is 0. The highest BCUT2D eigenvalue weighted by Crippen LogP contribution is 2.18. The van der Waals surface area contributed by atoms with E-state index < -0.39 is 5.97 Å². The third-order valence-corrected chi connectivity index (χ3v) is 5.23. The van der Waals surface area contributed by atoms with Gasteiger partial charge in [0.2, 0.25) is 11.8 Å². The Hall–Kier alpha value is -3.15. The Morgan fingerprint density at radius 2 is 1.79 bits per heavy atom. The van der Waals surface area contributed by atoms with Crippen molar-refractivity contribution in [3.8, 4) is 0 Å². The molecule has 0 aromatic heterocycles. The molecule has 2 N–H and O–H groups in total. The number of rotatable bonds is 7. The van der Waals surface area contributed by atoms with Gasteiger partial charge in [-0.05, 0) is 42.5 Å². The molecule has 0 spiro atoms. The highest BCUT2D eigenvalue weighted by molar-refractivity contribution is 5.87. The van der Waals surface area contributed by atoms with Crippen molar-refractivity contribution in [2.75, 3.05) is 19.6 Å². The quantitative estimate of drug-likeness (QED) is 0.756. The van der Waals surface area contributed by atoms with Crippen LogP contribution in [0.5, 0.6) is 0 Å². The lowest BCUT2D eigenvalue weighted by Crippen LogP contribution is -2.46. The van der Waals surface area contributed by atoms with Gasteiger partial charge in [-0.1, -0.05) is 42.5 Å². The number of carboxylic acids is 1. The minimum Gasteiger partial charge on any atom is -0.478 e. The summed E-state index contributed by atoms with van der Waals surface area (Å²) in [6.07, 6.45) is 2.51. The molecule has 6 heteroatoms. The molecule has 1 unspecified atom stereocenters. The zero-order chi connectivity index (χ0) is 20.6. The number of hydrogen-bond acceptors (Lipinski definition) is 3. The molecule has 1 heterocycles. The number of benzene rings is 2. The van der Waals surface area contributed by atoms with Gasteiger partial charge in [-0.25, -0.2) is 4.79 Å². The summed E-state index contributed by atoms with van der Waals surface area (Å²) in [7, 11) is 0. The summed E-state index contributed by atoms with van der Waals surface area (Å²) in [4.78, 5) is 37.9. The number of nitrogens with one attached hydrogen (secondary N) is 1. The molecule has 2 amide bonds. The molecule has 0 saturated carbocycles. The molecular weight excluding hydrogens is 368 g/mol. The van der Waals surface area contributed by atoms with Crippen molar-refractivity contribution in [3.63, 3.8) is 0 Å². The number of aromatic carboxylic acids is 1. The summed E-state index contributed by atoms with van der Waals surface area (Å²) in [6.45, 7) is 1.58. The number of hydrogen-bond donors (Lipinski definition) is 2. The van der Waals surface area contributed by atoms with Gasteiger partial charge in [0.05, 0.1) is 17.9 Å². The Bertz CT molecular complexity index is 866. The number of carbonyl (C=O) groups is 3. The Kier molecular flexibility index (Phi) is 7.00. The normalized spacial score (nSPS) is 16.3. The Balaban J connectivity index is 1.47. The third-order valence-electron chi connectivity index (χ3n) is 5.23. The highest BCUT2D eigenvalue weighted by Gasteiger charge is 2.28. The molecule has 0 bridgehead atoms. The fourth-order valence-corrected chi connectivity index (χ4v) is 3.63. The number of carboxylic acid groups (broad SMARTS) is 1. The van der Waals surface area contributed by atoms with E-state index >= 15 is 0 Å². The second-order valence-electron chi connectivity index (χ2n) is 7.39. The van der Waals surface area contributed by atoms with Crippen molar-refractivity contribution >= 4 is 17.8 Å². The molecule has 1 aliphatic heterocycles. The van der Waals surface area contributed by atoms with Gasteiger partial charge in [0, 0.05) is 19.6 Å². The summed E-state index contributed by atoms with van der Waals surface area (Å²) >= 11 is 0. The zero-order valence-corrected chi connectivity index (χ0v) is 16.3. The first kappa shape index (κ1) is 20.6. The summed E-state index contributed by atoms with van der Waals surface area (Å²) in [6, 6.07) is 16.4. The Morgan fingerprint density at radius 1 is 1.03 bits per heavy atom. The second-order valence-corrected chi connectivity index (χ2v) is 7.39. The first-order valence-corrected chi connectivity index (χ1v) is 9.94. The minimum absolute atomic E-state index is 0.0448. The van der Waals surface area contributed by atoms with E-state index in [1.165, 1.54) is 0 Å². The predicted octanol–water partition coefficient (Wildman–Crippen LogP) is 2.52. The van der Waals surface area contributed by atoms with Gasteiger partial charge in [-0.15, -0.1) is 0 Å². The van der Waals surface area contributed by atoms with Crippen molar-refractivity contribution in [2.45, 2.75) is 25.7 Å². The molecule has 1 saturated heterocycles. The van der Waals surface area contributed by atoms with Gasteiger partial charge >= 0.3 is 5.97 Å². The fourth-order valence-electron chi connectivity index (χ4n) is 3.63. The molecule has 1 atom stereocenters. The van der Waals surface area contributed by atoms with E-state index in [-0.39, 0.29) is 23.3 Å². The standard InChI is InChI=1S/C23H26N2O4/c26-21(15-17-6-2-1-3-7-17)25-13-5-10-20(16-25)22(27)24-12-11-18-8-4-9-19(14-18)23(28)29/h1-4,6-9,14,20H,5,10-13,15-16H2,(H,24,27)(H,28,29). The van der Waals surface area contributed by atoms with Crippen LogP contribution in [0.3, 0.4) is 0 Å². The smallest absolute Gasteiger partial charge is 0.335 e. The SMILES string of the molecule is O=C(O)c1cccc(CCNC(=O)C2CCCN(C(=O)Cc3ccccc3)C2)c1. The van der Waals surface area contributed by atoms with Gasteiger partial charge < -0.3 is 15.3 Å². The van der Waals surface area contributed by atoms with Gasteiger partial charge in [-0.2, -0.15) is 0 Å². The van der Waals surface area contributed by atoms with Crippen LogP contribution in [0, 0.1) is 5.92 Å². The summed E-state index contributed by atoms with van der Waals surface area (Å²) in [5.74, 6) is -1.15. The van der Waals surface area contributed by atoms with Crippen molar-refractivity contribution in [3.05, 3.63) is 71.3 Å². The maximum Gasteiger partial charge on any atom is 0.335 e. The van der Waals surface area contributed by atoms with E-state index in [2.05, 4.69) is 5.32 Å². The lowest BCUT2D eigenvalue weighted by Gasteiger charge is -2.32. The van der Waals surface area contributed by atoms with Crippen LogP contribution in [0.1, 0.15) is 34.3 Å². The minimum atomic E-state index is -0.960. The molecule has 6 nitrogen and oxygen atoms in total. The molecule has 0 aliphatic carbocycles.